The van der Waals surface area contributed by atoms with Crippen LogP contribution >= 0.6 is 0 Å². The summed E-state index contributed by atoms with van der Waals surface area (Å²) in [7, 11) is 4.61. The summed E-state index contributed by atoms with van der Waals surface area (Å²) < 4.78 is 17.3. The maximum atomic E-state index is 13.9. The third kappa shape index (κ3) is 8.51. The minimum atomic E-state index is -1.19. The number of rotatable bonds is 11. The van der Waals surface area contributed by atoms with E-state index in [9.17, 15) is 28.7 Å². The van der Waals surface area contributed by atoms with E-state index in [0.717, 1.165) is 10.4 Å². The van der Waals surface area contributed by atoms with Crippen molar-refractivity contribution in [1.29, 1.82) is 0 Å². The van der Waals surface area contributed by atoms with Crippen LogP contribution in [-0.2, 0) is 22.7 Å². The number of halogens is 1. The highest BCUT2D eigenvalue weighted by molar-refractivity contribution is 5.92. The minimum absolute atomic E-state index is 0.0355. The van der Waals surface area contributed by atoms with Crippen LogP contribution in [0.5, 0.6) is 0 Å². The highest BCUT2D eigenvalue weighted by Crippen LogP contribution is 2.24. The molecular weight excluding hydrogens is 543 g/mol. The monoisotopic (exact) mass is 582 g/mol. The van der Waals surface area contributed by atoms with E-state index in [2.05, 4.69) is 31.1 Å². The molecule has 12 heteroatoms. The van der Waals surface area contributed by atoms with Crippen LogP contribution in [0.15, 0.2) is 53.5 Å². The maximum absolute atomic E-state index is 13.9. The second kappa shape index (κ2) is 13.5. The lowest BCUT2D eigenvalue weighted by Crippen LogP contribution is -2.37. The quantitative estimate of drug-likeness (QED) is 0.329. The molecule has 0 unspecified atom stereocenters. The van der Waals surface area contributed by atoms with Crippen molar-refractivity contribution in [3.63, 3.8) is 0 Å². The molecular formula is C30H39FN6O5. The second-order valence-corrected chi connectivity index (χ2v) is 11.7. The number of pyridine rings is 1. The van der Waals surface area contributed by atoms with Crippen molar-refractivity contribution in [2.24, 2.45) is 11.3 Å². The molecule has 3 amide bonds. The number of imidazole rings is 1. The zero-order valence-corrected chi connectivity index (χ0v) is 24.9. The number of hydrogen-bond donors (Lipinski definition) is 2. The summed E-state index contributed by atoms with van der Waals surface area (Å²) in [6.07, 6.45) is 4.04. The molecule has 0 fully saturated rings. The lowest BCUT2D eigenvalue weighted by atomic mass is 9.96. The average Bonchev–Trinajstić information content (AvgIpc) is 3.21. The molecule has 0 spiro atoms. The number of benzene rings is 1. The number of carbonyl (C=O) groups is 3. The van der Waals surface area contributed by atoms with Gasteiger partial charge < -0.3 is 29.4 Å². The maximum Gasteiger partial charge on any atom is 0.407 e. The SMILES string of the molecule is CN(C)C(=O)/C=C/CC[C@@H](CN(C)C(=O)O)C(=O)Nc1cccn(Cc2nc3cc(F)ccc3n2CC(C)(C)C)c1=O. The largest absolute Gasteiger partial charge is 0.465 e. The molecule has 0 saturated carbocycles. The highest BCUT2D eigenvalue weighted by atomic mass is 19.1. The molecule has 2 aromatic heterocycles. The van der Waals surface area contributed by atoms with Gasteiger partial charge in [0, 0.05) is 46.5 Å². The Balaban J connectivity index is 1.85. The number of nitrogens with one attached hydrogen (secondary N) is 1. The number of anilines is 1. The van der Waals surface area contributed by atoms with Gasteiger partial charge >= 0.3 is 6.09 Å². The molecule has 0 aliphatic heterocycles. The summed E-state index contributed by atoms with van der Waals surface area (Å²) in [5.74, 6) is -1.33. The van der Waals surface area contributed by atoms with Crippen LogP contribution in [0, 0.1) is 17.2 Å². The first-order valence-corrected chi connectivity index (χ1v) is 13.6. The van der Waals surface area contributed by atoms with Crippen LogP contribution < -0.4 is 10.9 Å². The van der Waals surface area contributed by atoms with E-state index < -0.39 is 29.3 Å². The van der Waals surface area contributed by atoms with Crippen LogP contribution in [0.2, 0.25) is 0 Å². The van der Waals surface area contributed by atoms with E-state index in [0.29, 0.717) is 24.3 Å². The molecule has 0 saturated heterocycles. The number of aromatic nitrogens is 3. The standard InChI is InChI=1S/C30H39FN6O5/c1-30(2,3)19-37-24-14-13-21(31)16-23(24)32-25(37)18-36-15-9-11-22(28(36)40)33-27(39)20(17-35(6)29(41)42)10-7-8-12-26(38)34(4)5/h8-9,11-16,20H,7,10,17-19H2,1-6H3,(H,33,39)(H,41,42)/b12-8+/t20-/m0/s1. The van der Waals surface area contributed by atoms with Gasteiger partial charge in [0.05, 0.1) is 23.5 Å². The van der Waals surface area contributed by atoms with E-state index in [1.54, 1.807) is 38.5 Å². The van der Waals surface area contributed by atoms with Crippen molar-refractivity contribution >= 4 is 34.6 Å². The van der Waals surface area contributed by atoms with Crippen molar-refractivity contribution in [3.8, 4) is 0 Å². The molecule has 0 radical (unpaired) electrons. The first kappa shape index (κ1) is 32.0. The summed E-state index contributed by atoms with van der Waals surface area (Å²) >= 11 is 0. The summed E-state index contributed by atoms with van der Waals surface area (Å²) in [6.45, 7) is 6.80. The number of fused-ring (bicyclic) bond motifs is 1. The molecule has 0 bridgehead atoms. The van der Waals surface area contributed by atoms with Gasteiger partial charge in [-0.15, -0.1) is 0 Å². The topological polar surface area (TPSA) is 130 Å². The molecule has 3 rings (SSSR count). The third-order valence-electron chi connectivity index (χ3n) is 6.59. The Labute approximate surface area is 244 Å². The molecule has 3 aromatic rings. The molecule has 1 atom stereocenters. The molecule has 11 nitrogen and oxygen atoms in total. The van der Waals surface area contributed by atoms with Crippen molar-refractivity contribution in [2.45, 2.75) is 46.7 Å². The van der Waals surface area contributed by atoms with Crippen molar-refractivity contribution in [2.75, 3.05) is 33.0 Å². The Morgan fingerprint density at radius 1 is 1.17 bits per heavy atom. The van der Waals surface area contributed by atoms with E-state index in [1.165, 1.54) is 40.8 Å². The van der Waals surface area contributed by atoms with Gasteiger partial charge in [-0.05, 0) is 48.6 Å². The summed E-state index contributed by atoms with van der Waals surface area (Å²) in [5, 5.41) is 12.0. The van der Waals surface area contributed by atoms with Crippen molar-refractivity contribution < 1.29 is 23.9 Å². The number of carboxylic acid groups (broad SMARTS) is 1. The normalized spacial score (nSPS) is 12.5. The summed E-state index contributed by atoms with van der Waals surface area (Å²) in [6, 6.07) is 7.52. The Morgan fingerprint density at radius 2 is 1.88 bits per heavy atom. The smallest absolute Gasteiger partial charge is 0.407 e. The Morgan fingerprint density at radius 3 is 2.52 bits per heavy atom. The lowest BCUT2D eigenvalue weighted by Gasteiger charge is -2.22. The highest BCUT2D eigenvalue weighted by Gasteiger charge is 2.24. The average molecular weight is 583 g/mol. The van der Waals surface area contributed by atoms with E-state index in [4.69, 9.17) is 0 Å². The van der Waals surface area contributed by atoms with Crippen LogP contribution in [0.1, 0.15) is 39.4 Å². The molecule has 2 heterocycles. The fraction of sp³-hybridized carbons (Fsp3) is 0.433. The number of amides is 3. The van der Waals surface area contributed by atoms with Crippen LogP contribution in [0.3, 0.4) is 0 Å². The first-order valence-electron chi connectivity index (χ1n) is 13.6. The Hall–Kier alpha value is -4.48. The molecule has 2 N–H and O–H groups in total. The lowest BCUT2D eigenvalue weighted by molar-refractivity contribution is -0.123. The zero-order chi connectivity index (χ0) is 31.2. The number of allylic oxidation sites excluding steroid dienone is 1. The van der Waals surface area contributed by atoms with E-state index >= 15 is 0 Å². The van der Waals surface area contributed by atoms with Gasteiger partial charge in [0.25, 0.3) is 5.56 Å². The molecule has 0 aliphatic rings. The third-order valence-corrected chi connectivity index (χ3v) is 6.59. The van der Waals surface area contributed by atoms with Crippen LogP contribution in [0.25, 0.3) is 11.0 Å². The van der Waals surface area contributed by atoms with Crippen LogP contribution in [0.4, 0.5) is 14.9 Å². The Kier molecular flexibility index (Phi) is 10.3. The number of hydrogen-bond acceptors (Lipinski definition) is 5. The fourth-order valence-corrected chi connectivity index (χ4v) is 4.41. The summed E-state index contributed by atoms with van der Waals surface area (Å²) in [5.41, 5.74) is 0.690. The van der Waals surface area contributed by atoms with E-state index in [1.807, 2.05) is 4.57 Å². The molecule has 226 valence electrons. The van der Waals surface area contributed by atoms with E-state index in [-0.39, 0.29) is 36.5 Å². The predicted octanol–water partition coefficient (Wildman–Crippen LogP) is 4.02. The van der Waals surface area contributed by atoms with Gasteiger partial charge in [0.15, 0.2) is 0 Å². The fourth-order valence-electron chi connectivity index (χ4n) is 4.41. The van der Waals surface area contributed by atoms with Crippen LogP contribution in [-0.4, -0.2) is 74.6 Å². The van der Waals surface area contributed by atoms with Gasteiger partial charge in [-0.1, -0.05) is 26.8 Å². The van der Waals surface area contributed by atoms with Gasteiger partial charge in [0.1, 0.15) is 17.3 Å². The molecule has 1 aromatic carbocycles. The number of likely N-dealkylation sites (N-methyl/N-ethyl adjacent to an activating group) is 1. The van der Waals surface area contributed by atoms with Gasteiger partial charge in [0.2, 0.25) is 11.8 Å². The number of nitrogens with zero attached hydrogens (tertiary/aromatic N) is 5. The summed E-state index contributed by atoms with van der Waals surface area (Å²) in [4.78, 5) is 56.9. The predicted molar refractivity (Wildman–Crippen MR) is 159 cm³/mol. The first-order chi connectivity index (χ1) is 19.7. The van der Waals surface area contributed by atoms with Crippen molar-refractivity contribution in [3.05, 3.63) is 70.7 Å². The van der Waals surface area contributed by atoms with Gasteiger partial charge in [-0.3, -0.25) is 14.4 Å². The number of carbonyl (C=O) groups excluding carboxylic acids is 2. The second-order valence-electron chi connectivity index (χ2n) is 11.7. The minimum Gasteiger partial charge on any atom is -0.465 e. The van der Waals surface area contributed by atoms with Gasteiger partial charge in [-0.2, -0.15) is 0 Å². The Bertz CT molecular complexity index is 1540. The van der Waals surface area contributed by atoms with Crippen molar-refractivity contribution in [1.82, 2.24) is 23.9 Å². The molecule has 0 aliphatic carbocycles. The molecule has 42 heavy (non-hydrogen) atoms. The van der Waals surface area contributed by atoms with Gasteiger partial charge in [-0.25, -0.2) is 14.2 Å². The zero-order valence-electron chi connectivity index (χ0n) is 24.9.